The zero-order valence-corrected chi connectivity index (χ0v) is 11.0. The highest BCUT2D eigenvalue weighted by atomic mass is 16.6. The average molecular weight is 253 g/mol. The minimum Gasteiger partial charge on any atom is -0.444 e. The van der Waals surface area contributed by atoms with Gasteiger partial charge in [-0.2, -0.15) is 0 Å². The summed E-state index contributed by atoms with van der Waals surface area (Å²) in [6.45, 7) is 7.07. The summed E-state index contributed by atoms with van der Waals surface area (Å²) in [6, 6.07) is 0. The molecule has 2 rings (SSSR count). The summed E-state index contributed by atoms with van der Waals surface area (Å²) in [4.78, 5) is 20.7. The van der Waals surface area contributed by atoms with Crippen molar-refractivity contribution in [2.24, 2.45) is 0 Å². The van der Waals surface area contributed by atoms with E-state index in [9.17, 15) is 4.79 Å². The Bertz CT molecular complexity index is 397. The molecule has 1 N–H and O–H groups in total. The SMILES string of the molecule is CC(C)(C)OC(=O)N1CCOC(c2ncc[nH]2)C1. The van der Waals surface area contributed by atoms with Crippen molar-refractivity contribution in [1.82, 2.24) is 14.9 Å². The van der Waals surface area contributed by atoms with Crippen LogP contribution in [0.5, 0.6) is 0 Å². The molecule has 0 aliphatic carbocycles. The molecule has 0 aromatic carbocycles. The summed E-state index contributed by atoms with van der Waals surface area (Å²) in [6.07, 6.45) is 2.90. The molecule has 6 heteroatoms. The maximum absolute atomic E-state index is 11.9. The molecule has 6 nitrogen and oxygen atoms in total. The van der Waals surface area contributed by atoms with Crippen molar-refractivity contribution >= 4 is 6.09 Å². The fourth-order valence-electron chi connectivity index (χ4n) is 1.76. The molecule has 1 aromatic rings. The van der Waals surface area contributed by atoms with Gasteiger partial charge in [-0.25, -0.2) is 9.78 Å². The summed E-state index contributed by atoms with van der Waals surface area (Å²) in [5.41, 5.74) is -0.477. The van der Waals surface area contributed by atoms with E-state index in [1.807, 2.05) is 20.8 Å². The van der Waals surface area contributed by atoms with Gasteiger partial charge in [0, 0.05) is 18.9 Å². The highest BCUT2D eigenvalue weighted by Gasteiger charge is 2.29. The third-order valence-electron chi connectivity index (χ3n) is 2.54. The molecule has 0 bridgehead atoms. The van der Waals surface area contributed by atoms with Gasteiger partial charge in [-0.05, 0) is 20.8 Å². The topological polar surface area (TPSA) is 67.4 Å². The number of amides is 1. The smallest absolute Gasteiger partial charge is 0.410 e. The zero-order chi connectivity index (χ0) is 13.2. The third-order valence-corrected chi connectivity index (χ3v) is 2.54. The first-order valence-electron chi connectivity index (χ1n) is 6.04. The van der Waals surface area contributed by atoms with Gasteiger partial charge in [0.1, 0.15) is 17.5 Å². The highest BCUT2D eigenvalue weighted by Crippen LogP contribution is 2.20. The lowest BCUT2D eigenvalue weighted by Crippen LogP contribution is -2.44. The van der Waals surface area contributed by atoms with Crippen molar-refractivity contribution in [2.45, 2.75) is 32.5 Å². The first-order valence-corrected chi connectivity index (χ1v) is 6.04. The van der Waals surface area contributed by atoms with E-state index >= 15 is 0 Å². The number of morpholine rings is 1. The Morgan fingerprint density at radius 3 is 3.00 bits per heavy atom. The van der Waals surface area contributed by atoms with Crippen LogP contribution in [-0.2, 0) is 9.47 Å². The highest BCUT2D eigenvalue weighted by molar-refractivity contribution is 5.68. The average Bonchev–Trinajstić information content (AvgIpc) is 2.80. The van der Waals surface area contributed by atoms with Crippen LogP contribution in [0.1, 0.15) is 32.7 Å². The van der Waals surface area contributed by atoms with E-state index in [0.717, 1.165) is 5.82 Å². The molecule has 0 spiro atoms. The number of carbonyl (C=O) groups excluding carboxylic acids is 1. The molecule has 100 valence electrons. The van der Waals surface area contributed by atoms with Crippen LogP contribution in [0.15, 0.2) is 12.4 Å². The van der Waals surface area contributed by atoms with Gasteiger partial charge in [-0.15, -0.1) is 0 Å². The number of imidazole rings is 1. The molecule has 1 amide bonds. The number of aromatic amines is 1. The number of nitrogens with zero attached hydrogens (tertiary/aromatic N) is 2. The zero-order valence-electron chi connectivity index (χ0n) is 11.0. The molecule has 1 fully saturated rings. The van der Waals surface area contributed by atoms with Gasteiger partial charge in [0.25, 0.3) is 0 Å². The van der Waals surface area contributed by atoms with Crippen LogP contribution in [0, 0.1) is 0 Å². The largest absolute Gasteiger partial charge is 0.444 e. The molecule has 1 atom stereocenters. The van der Waals surface area contributed by atoms with Crippen LogP contribution >= 0.6 is 0 Å². The van der Waals surface area contributed by atoms with Crippen LogP contribution < -0.4 is 0 Å². The molecule has 1 saturated heterocycles. The van der Waals surface area contributed by atoms with Crippen molar-refractivity contribution < 1.29 is 14.3 Å². The lowest BCUT2D eigenvalue weighted by atomic mass is 10.2. The number of carbonyl (C=O) groups is 1. The predicted octanol–water partition coefficient (Wildman–Crippen LogP) is 1.72. The molecule has 2 heterocycles. The van der Waals surface area contributed by atoms with Crippen molar-refractivity contribution in [1.29, 1.82) is 0 Å². The number of H-pyrrole nitrogens is 1. The maximum Gasteiger partial charge on any atom is 0.410 e. The second-order valence-electron chi connectivity index (χ2n) is 5.26. The monoisotopic (exact) mass is 253 g/mol. The fraction of sp³-hybridized carbons (Fsp3) is 0.667. The number of aromatic nitrogens is 2. The number of nitrogens with one attached hydrogen (secondary N) is 1. The van der Waals surface area contributed by atoms with E-state index in [0.29, 0.717) is 19.7 Å². The number of rotatable bonds is 1. The molecule has 1 unspecified atom stereocenters. The van der Waals surface area contributed by atoms with Crippen LogP contribution in [0.2, 0.25) is 0 Å². The Balaban J connectivity index is 1.96. The second kappa shape index (κ2) is 4.97. The van der Waals surface area contributed by atoms with Crippen LogP contribution in [0.3, 0.4) is 0 Å². The molecule has 0 saturated carbocycles. The molecule has 0 radical (unpaired) electrons. The minimum atomic E-state index is -0.477. The van der Waals surface area contributed by atoms with Gasteiger partial charge in [0.05, 0.1) is 13.2 Å². The Morgan fingerprint density at radius 2 is 2.39 bits per heavy atom. The van der Waals surface area contributed by atoms with Gasteiger partial charge in [-0.1, -0.05) is 0 Å². The van der Waals surface area contributed by atoms with Crippen LogP contribution in [0.25, 0.3) is 0 Å². The normalized spacial score (nSPS) is 20.8. The molecule has 1 aliphatic rings. The summed E-state index contributed by atoms with van der Waals surface area (Å²) < 4.78 is 10.9. The minimum absolute atomic E-state index is 0.207. The fourth-order valence-corrected chi connectivity index (χ4v) is 1.76. The van der Waals surface area contributed by atoms with E-state index in [2.05, 4.69) is 9.97 Å². The first kappa shape index (κ1) is 12.9. The van der Waals surface area contributed by atoms with Crippen molar-refractivity contribution in [2.75, 3.05) is 19.7 Å². The van der Waals surface area contributed by atoms with E-state index in [1.165, 1.54) is 0 Å². The van der Waals surface area contributed by atoms with Crippen molar-refractivity contribution in [3.05, 3.63) is 18.2 Å². The second-order valence-corrected chi connectivity index (χ2v) is 5.26. The molecule has 1 aliphatic heterocycles. The lowest BCUT2D eigenvalue weighted by Gasteiger charge is -2.33. The Labute approximate surface area is 106 Å². The lowest BCUT2D eigenvalue weighted by molar-refractivity contribution is -0.0460. The number of hydrogen-bond donors (Lipinski definition) is 1. The Hall–Kier alpha value is -1.56. The van der Waals surface area contributed by atoms with E-state index in [4.69, 9.17) is 9.47 Å². The summed E-state index contributed by atoms with van der Waals surface area (Å²) in [5.74, 6) is 0.739. The van der Waals surface area contributed by atoms with Crippen LogP contribution in [0.4, 0.5) is 4.79 Å². The summed E-state index contributed by atoms with van der Waals surface area (Å²) in [7, 11) is 0. The number of hydrogen-bond acceptors (Lipinski definition) is 4. The van der Waals surface area contributed by atoms with Gasteiger partial charge < -0.3 is 19.4 Å². The van der Waals surface area contributed by atoms with E-state index < -0.39 is 5.60 Å². The van der Waals surface area contributed by atoms with E-state index in [1.54, 1.807) is 17.3 Å². The quantitative estimate of drug-likeness (QED) is 0.827. The summed E-state index contributed by atoms with van der Waals surface area (Å²) >= 11 is 0. The number of ether oxygens (including phenoxy) is 2. The van der Waals surface area contributed by atoms with Gasteiger partial charge in [0.2, 0.25) is 0 Å². The maximum atomic E-state index is 11.9. The van der Waals surface area contributed by atoms with Crippen molar-refractivity contribution in [3.63, 3.8) is 0 Å². The molecule has 18 heavy (non-hydrogen) atoms. The van der Waals surface area contributed by atoms with Gasteiger partial charge >= 0.3 is 6.09 Å². The van der Waals surface area contributed by atoms with Gasteiger partial charge in [0.15, 0.2) is 0 Å². The molecular weight excluding hydrogens is 234 g/mol. The standard InChI is InChI=1S/C12H19N3O3/c1-12(2,3)18-11(16)15-6-7-17-9(8-15)10-13-4-5-14-10/h4-5,9H,6-8H2,1-3H3,(H,13,14). The first-order chi connectivity index (χ1) is 8.46. The van der Waals surface area contributed by atoms with E-state index in [-0.39, 0.29) is 12.2 Å². The Morgan fingerprint density at radius 1 is 1.61 bits per heavy atom. The Kier molecular flexibility index (Phi) is 3.56. The summed E-state index contributed by atoms with van der Waals surface area (Å²) in [5, 5.41) is 0. The predicted molar refractivity (Wildman–Crippen MR) is 65.1 cm³/mol. The van der Waals surface area contributed by atoms with Crippen molar-refractivity contribution in [3.8, 4) is 0 Å². The van der Waals surface area contributed by atoms with Crippen LogP contribution in [-0.4, -0.2) is 46.3 Å². The molecular formula is C12H19N3O3. The molecule has 1 aromatic heterocycles. The third kappa shape index (κ3) is 3.22. The van der Waals surface area contributed by atoms with Gasteiger partial charge in [-0.3, -0.25) is 0 Å².